The van der Waals surface area contributed by atoms with E-state index in [0.29, 0.717) is 42.9 Å². The number of nitrogens with one attached hydrogen (secondary N) is 2. The van der Waals surface area contributed by atoms with E-state index in [1.165, 1.54) is 0 Å². The second-order valence-corrected chi connectivity index (χ2v) is 16.2. The lowest BCUT2D eigenvalue weighted by molar-refractivity contribution is 0.181. The molecular formula is C41H49N7O5S. The van der Waals surface area contributed by atoms with E-state index in [0.717, 1.165) is 51.8 Å². The average molecular weight is 752 g/mol. The van der Waals surface area contributed by atoms with Gasteiger partial charge in [-0.05, 0) is 104 Å². The molecule has 5 aromatic rings. The minimum atomic E-state index is -1.27. The molecule has 284 valence electrons. The maximum atomic E-state index is 13.3. The Hall–Kier alpha value is -5.27. The molecule has 4 heterocycles. The zero-order valence-corrected chi connectivity index (χ0v) is 32.8. The highest BCUT2D eigenvalue weighted by atomic mass is 32.2. The van der Waals surface area contributed by atoms with Crippen molar-refractivity contribution in [2.45, 2.75) is 70.8 Å². The fourth-order valence-corrected chi connectivity index (χ4v) is 7.46. The summed E-state index contributed by atoms with van der Waals surface area (Å²) in [5, 5.41) is 5.04. The molecule has 0 radical (unpaired) electrons. The molecule has 0 aliphatic carbocycles. The average Bonchev–Trinajstić information content (AvgIpc) is 3.62. The van der Waals surface area contributed by atoms with E-state index in [-0.39, 0.29) is 6.61 Å². The van der Waals surface area contributed by atoms with Crippen molar-refractivity contribution in [1.29, 1.82) is 0 Å². The van der Waals surface area contributed by atoms with Gasteiger partial charge in [0.15, 0.2) is 0 Å². The second kappa shape index (κ2) is 16.4. The first-order valence-corrected chi connectivity index (χ1v) is 19.3. The molecule has 54 heavy (non-hydrogen) atoms. The van der Waals surface area contributed by atoms with E-state index in [4.69, 9.17) is 24.2 Å². The van der Waals surface area contributed by atoms with Crippen LogP contribution in [0.5, 0.6) is 11.5 Å². The summed E-state index contributed by atoms with van der Waals surface area (Å²) in [4.78, 5) is 31.2. The molecule has 1 unspecified atom stereocenters. The summed E-state index contributed by atoms with van der Waals surface area (Å²) in [5.74, 6) is 3.87. The van der Waals surface area contributed by atoms with Crippen LogP contribution in [0.3, 0.4) is 0 Å². The van der Waals surface area contributed by atoms with Crippen molar-refractivity contribution in [1.82, 2.24) is 19.7 Å². The molecule has 1 atom stereocenters. The number of cyclic esters (lactones) is 1. The first-order chi connectivity index (χ1) is 25.9. The highest BCUT2D eigenvalue weighted by molar-refractivity contribution is 7.84. The Morgan fingerprint density at radius 3 is 2.02 bits per heavy atom. The molecule has 13 heteroatoms. The van der Waals surface area contributed by atoms with E-state index < -0.39 is 27.4 Å². The molecule has 0 spiro atoms. The van der Waals surface area contributed by atoms with Gasteiger partial charge in [0.25, 0.3) is 0 Å². The standard InChI is InChI=1S/C41H49N7O5S/c1-8-41(9-2,46-54(50)40(3,4)5)31-18-19-42-36(24-31)44-35-22-30-23-37(48-20-21-53-39(48)49)45-38(34(30)25-43-35)47(26-28-10-14-32(51-6)15-11-28)27-29-12-16-33(52-7)17-13-29/h10-19,22-25,46H,8-9,20-21,26-27H2,1-7H3,(H,42,43,44). The molecular weight excluding hydrogens is 703 g/mol. The Bertz CT molecular complexity index is 2050. The lowest BCUT2D eigenvalue weighted by Crippen LogP contribution is -2.47. The second-order valence-electron chi connectivity index (χ2n) is 14.2. The molecule has 1 saturated heterocycles. The summed E-state index contributed by atoms with van der Waals surface area (Å²) in [7, 11) is 2.03. The number of pyridine rings is 3. The Morgan fingerprint density at radius 1 is 0.870 bits per heavy atom. The fraction of sp³-hybridized carbons (Fsp3) is 0.366. The van der Waals surface area contributed by atoms with Crippen molar-refractivity contribution in [3.8, 4) is 11.5 Å². The fourth-order valence-electron chi connectivity index (χ4n) is 6.39. The molecule has 0 saturated carbocycles. The van der Waals surface area contributed by atoms with Gasteiger partial charge in [-0.25, -0.2) is 28.7 Å². The molecule has 3 aromatic heterocycles. The Balaban J connectivity index is 1.40. The monoisotopic (exact) mass is 751 g/mol. The quantitative estimate of drug-likeness (QED) is 0.108. The molecule has 1 aliphatic rings. The molecule has 2 N–H and O–H groups in total. The highest BCUT2D eigenvalue weighted by Crippen LogP contribution is 2.35. The van der Waals surface area contributed by atoms with Gasteiger partial charge in [0.05, 0.1) is 42.0 Å². The van der Waals surface area contributed by atoms with Crippen LogP contribution in [0.1, 0.15) is 64.2 Å². The van der Waals surface area contributed by atoms with Gasteiger partial charge in [-0.15, -0.1) is 0 Å². The molecule has 1 amide bonds. The topological polar surface area (TPSA) is 131 Å². The summed E-state index contributed by atoms with van der Waals surface area (Å²) in [6, 6.07) is 23.7. The number of fused-ring (bicyclic) bond motifs is 1. The minimum Gasteiger partial charge on any atom is -0.497 e. The number of rotatable bonds is 15. The third-order valence-electron chi connectivity index (χ3n) is 9.70. The third kappa shape index (κ3) is 8.58. The van der Waals surface area contributed by atoms with Gasteiger partial charge in [0.1, 0.15) is 41.4 Å². The summed E-state index contributed by atoms with van der Waals surface area (Å²) in [6.07, 6.45) is 4.61. The van der Waals surface area contributed by atoms with Crippen LogP contribution in [0, 0.1) is 0 Å². The first-order valence-electron chi connectivity index (χ1n) is 18.1. The van der Waals surface area contributed by atoms with Crippen molar-refractivity contribution in [3.05, 3.63) is 102 Å². The number of hydrogen-bond acceptors (Lipinski definition) is 10. The van der Waals surface area contributed by atoms with E-state index in [9.17, 15) is 9.00 Å². The van der Waals surface area contributed by atoms with Gasteiger partial charge in [-0.1, -0.05) is 38.1 Å². The van der Waals surface area contributed by atoms with E-state index in [1.807, 2.05) is 93.6 Å². The largest absolute Gasteiger partial charge is 0.497 e. The Morgan fingerprint density at radius 2 is 1.48 bits per heavy atom. The van der Waals surface area contributed by atoms with Gasteiger partial charge in [-0.2, -0.15) is 0 Å². The summed E-state index contributed by atoms with van der Waals surface area (Å²) >= 11 is 0. The molecule has 1 aliphatic heterocycles. The predicted octanol–water partition coefficient (Wildman–Crippen LogP) is 8.02. The number of aromatic nitrogens is 3. The van der Waals surface area contributed by atoms with Crippen LogP contribution in [0.25, 0.3) is 10.8 Å². The number of carbonyl (C=O) groups is 1. The number of carbonyl (C=O) groups excluding carboxylic acids is 1. The predicted molar refractivity (Wildman–Crippen MR) is 215 cm³/mol. The number of nitrogens with zero attached hydrogens (tertiary/aromatic N) is 5. The van der Waals surface area contributed by atoms with E-state index >= 15 is 0 Å². The number of methoxy groups -OCH3 is 2. The summed E-state index contributed by atoms with van der Waals surface area (Å²) in [5.41, 5.74) is 2.58. The SMILES string of the molecule is CCC(CC)(NS(=O)C(C)(C)C)c1ccnc(Nc2cc3cc(N4CCOC4=O)nc(N(Cc4ccc(OC)cc4)Cc4ccc(OC)cc4)c3cn2)c1. The Kier molecular flexibility index (Phi) is 11.7. The van der Waals surface area contributed by atoms with E-state index in [2.05, 4.69) is 33.8 Å². The van der Waals surface area contributed by atoms with Crippen molar-refractivity contribution < 1.29 is 23.2 Å². The van der Waals surface area contributed by atoms with Gasteiger partial charge in [0, 0.05) is 30.9 Å². The maximum absolute atomic E-state index is 13.3. The van der Waals surface area contributed by atoms with E-state index in [1.54, 1.807) is 31.5 Å². The van der Waals surface area contributed by atoms with Crippen LogP contribution in [0.4, 0.5) is 28.1 Å². The number of benzene rings is 2. The van der Waals surface area contributed by atoms with Gasteiger partial charge in [0.2, 0.25) is 0 Å². The van der Waals surface area contributed by atoms with Gasteiger partial charge >= 0.3 is 6.09 Å². The number of anilines is 4. The maximum Gasteiger partial charge on any atom is 0.415 e. The van der Waals surface area contributed by atoms with Crippen molar-refractivity contribution in [3.63, 3.8) is 0 Å². The van der Waals surface area contributed by atoms with Crippen LogP contribution in [0.2, 0.25) is 0 Å². The number of ether oxygens (including phenoxy) is 3. The smallest absolute Gasteiger partial charge is 0.415 e. The van der Waals surface area contributed by atoms with Crippen LogP contribution in [0.15, 0.2) is 85.2 Å². The van der Waals surface area contributed by atoms with Crippen LogP contribution in [-0.2, 0) is 34.4 Å². The van der Waals surface area contributed by atoms with Gasteiger partial charge in [-0.3, -0.25) is 4.90 Å². The normalized spacial score (nSPS) is 13.8. The zero-order chi connectivity index (χ0) is 38.5. The summed E-state index contributed by atoms with van der Waals surface area (Å²) in [6.45, 7) is 11.8. The molecule has 0 bridgehead atoms. The summed E-state index contributed by atoms with van der Waals surface area (Å²) < 4.78 is 32.4. The number of amides is 1. The number of hydrogen-bond donors (Lipinski definition) is 2. The highest BCUT2D eigenvalue weighted by Gasteiger charge is 2.34. The Labute approximate surface area is 319 Å². The van der Waals surface area contributed by atoms with Crippen molar-refractivity contribution in [2.75, 3.05) is 42.5 Å². The molecule has 2 aromatic carbocycles. The minimum absolute atomic E-state index is 0.287. The van der Waals surface area contributed by atoms with Crippen LogP contribution in [-0.4, -0.2) is 57.4 Å². The third-order valence-corrected chi connectivity index (χ3v) is 11.4. The van der Waals surface area contributed by atoms with Crippen molar-refractivity contribution in [2.24, 2.45) is 0 Å². The zero-order valence-electron chi connectivity index (χ0n) is 32.0. The van der Waals surface area contributed by atoms with Gasteiger partial charge < -0.3 is 24.4 Å². The lowest BCUT2D eigenvalue weighted by Gasteiger charge is -2.35. The molecule has 12 nitrogen and oxygen atoms in total. The van der Waals surface area contributed by atoms with Crippen LogP contribution >= 0.6 is 0 Å². The lowest BCUT2D eigenvalue weighted by atomic mass is 9.86. The van der Waals surface area contributed by atoms with Crippen molar-refractivity contribution >= 4 is 51.1 Å². The first kappa shape index (κ1) is 38.5. The molecule has 6 rings (SSSR count). The van der Waals surface area contributed by atoms with Crippen LogP contribution < -0.4 is 29.3 Å². The molecule has 1 fully saturated rings.